The number of fused-ring (bicyclic) bond motifs is 1. The number of benzene rings is 2. The third kappa shape index (κ3) is 3.42. The van der Waals surface area contributed by atoms with E-state index < -0.39 is 0 Å². The molecule has 0 saturated heterocycles. The molecule has 2 N–H and O–H groups in total. The molecule has 4 rings (SSSR count). The number of nitrogens with one attached hydrogen (secondary N) is 2. The lowest BCUT2D eigenvalue weighted by Crippen LogP contribution is -2.46. The van der Waals surface area contributed by atoms with E-state index in [1.165, 1.54) is 11.2 Å². The summed E-state index contributed by atoms with van der Waals surface area (Å²) in [7, 11) is 0. The molecule has 0 spiro atoms. The van der Waals surface area contributed by atoms with Crippen LogP contribution in [0.1, 0.15) is 18.5 Å². The first-order valence-corrected chi connectivity index (χ1v) is 10.1. The SMILES string of the molecule is CSc1ccc([C@H]2[C@H](C(=O)Nc3ccccc3)[C@@H](C)Nc3ncnn32)cc1. The van der Waals surface area contributed by atoms with E-state index in [0.717, 1.165) is 11.3 Å². The highest BCUT2D eigenvalue weighted by Gasteiger charge is 2.41. The van der Waals surface area contributed by atoms with Crippen LogP contribution in [-0.2, 0) is 4.79 Å². The van der Waals surface area contributed by atoms with Crippen molar-refractivity contribution in [2.75, 3.05) is 16.9 Å². The molecular weight excluding hydrogens is 358 g/mol. The Morgan fingerprint density at radius 1 is 1.15 bits per heavy atom. The lowest BCUT2D eigenvalue weighted by atomic mass is 9.85. The zero-order chi connectivity index (χ0) is 18.8. The van der Waals surface area contributed by atoms with E-state index in [1.54, 1.807) is 11.8 Å². The lowest BCUT2D eigenvalue weighted by molar-refractivity contribution is -0.121. The molecule has 0 fully saturated rings. The van der Waals surface area contributed by atoms with E-state index >= 15 is 0 Å². The van der Waals surface area contributed by atoms with E-state index in [1.807, 2.05) is 48.2 Å². The maximum absolute atomic E-state index is 13.2. The normalized spacial score (nSPS) is 21.2. The second-order valence-corrected chi connectivity index (χ2v) is 7.44. The van der Waals surface area contributed by atoms with E-state index in [9.17, 15) is 4.79 Å². The van der Waals surface area contributed by atoms with Crippen LogP contribution in [0.15, 0.2) is 65.8 Å². The Bertz CT molecular complexity index is 925. The van der Waals surface area contributed by atoms with Crippen molar-refractivity contribution in [1.82, 2.24) is 14.8 Å². The number of carbonyl (C=O) groups is 1. The molecule has 2 aromatic carbocycles. The summed E-state index contributed by atoms with van der Waals surface area (Å²) < 4.78 is 1.81. The topological polar surface area (TPSA) is 71.8 Å². The largest absolute Gasteiger partial charge is 0.351 e. The zero-order valence-corrected chi connectivity index (χ0v) is 16.0. The van der Waals surface area contributed by atoms with Gasteiger partial charge in [0.2, 0.25) is 11.9 Å². The fourth-order valence-electron chi connectivity index (χ4n) is 3.54. The lowest BCUT2D eigenvalue weighted by Gasteiger charge is -2.36. The van der Waals surface area contributed by atoms with Gasteiger partial charge in [-0.2, -0.15) is 10.1 Å². The van der Waals surface area contributed by atoms with Gasteiger partial charge in [-0.05, 0) is 43.0 Å². The van der Waals surface area contributed by atoms with Gasteiger partial charge >= 0.3 is 0 Å². The summed E-state index contributed by atoms with van der Waals surface area (Å²) >= 11 is 1.69. The molecule has 3 aromatic rings. The average molecular weight is 379 g/mol. The molecule has 0 saturated carbocycles. The summed E-state index contributed by atoms with van der Waals surface area (Å²) in [6, 6.07) is 17.5. The van der Waals surface area contributed by atoms with Gasteiger partial charge in [0.1, 0.15) is 6.33 Å². The average Bonchev–Trinajstić information content (AvgIpc) is 3.15. The van der Waals surface area contributed by atoms with Gasteiger partial charge in [0.15, 0.2) is 0 Å². The minimum Gasteiger partial charge on any atom is -0.351 e. The molecule has 1 amide bonds. The minimum absolute atomic E-state index is 0.0405. The van der Waals surface area contributed by atoms with Crippen molar-refractivity contribution < 1.29 is 4.79 Å². The first-order chi connectivity index (χ1) is 13.2. The van der Waals surface area contributed by atoms with Crippen LogP contribution in [0.2, 0.25) is 0 Å². The maximum atomic E-state index is 13.2. The van der Waals surface area contributed by atoms with Gasteiger partial charge in [0, 0.05) is 16.6 Å². The molecule has 0 aliphatic carbocycles. The summed E-state index contributed by atoms with van der Waals surface area (Å²) in [5, 5.41) is 10.7. The fourth-order valence-corrected chi connectivity index (χ4v) is 3.95. The Hall–Kier alpha value is -2.80. The number of rotatable bonds is 4. The van der Waals surface area contributed by atoms with Crippen LogP contribution in [0.5, 0.6) is 0 Å². The van der Waals surface area contributed by atoms with Gasteiger partial charge in [0.25, 0.3) is 0 Å². The van der Waals surface area contributed by atoms with Crippen LogP contribution in [0.4, 0.5) is 11.6 Å². The van der Waals surface area contributed by atoms with Gasteiger partial charge in [0.05, 0.1) is 12.0 Å². The van der Waals surface area contributed by atoms with Crippen LogP contribution >= 0.6 is 11.8 Å². The number of amides is 1. The Morgan fingerprint density at radius 2 is 1.89 bits per heavy atom. The van der Waals surface area contributed by atoms with E-state index in [2.05, 4.69) is 45.0 Å². The number of aromatic nitrogens is 3. The molecule has 1 aliphatic heterocycles. The molecule has 7 heteroatoms. The highest BCUT2D eigenvalue weighted by Crippen LogP contribution is 2.36. The zero-order valence-electron chi connectivity index (χ0n) is 15.2. The highest BCUT2D eigenvalue weighted by atomic mass is 32.2. The second kappa shape index (κ2) is 7.44. The van der Waals surface area contributed by atoms with Crippen molar-refractivity contribution in [3.8, 4) is 0 Å². The Kier molecular flexibility index (Phi) is 4.85. The number of carbonyl (C=O) groups excluding carboxylic acids is 1. The molecule has 138 valence electrons. The smallest absolute Gasteiger partial charge is 0.232 e. The second-order valence-electron chi connectivity index (χ2n) is 6.56. The number of thioether (sulfide) groups is 1. The molecule has 0 unspecified atom stereocenters. The third-order valence-electron chi connectivity index (χ3n) is 4.87. The third-order valence-corrected chi connectivity index (χ3v) is 5.62. The van der Waals surface area contributed by atoms with Gasteiger partial charge in [-0.25, -0.2) is 4.68 Å². The summed E-state index contributed by atoms with van der Waals surface area (Å²) in [5.74, 6) is 0.311. The van der Waals surface area contributed by atoms with Crippen molar-refractivity contribution in [3.63, 3.8) is 0 Å². The van der Waals surface area contributed by atoms with E-state index in [4.69, 9.17) is 0 Å². The number of para-hydroxylation sites is 1. The molecule has 1 aromatic heterocycles. The molecule has 0 radical (unpaired) electrons. The minimum atomic E-state index is -0.334. The van der Waals surface area contributed by atoms with Crippen molar-refractivity contribution in [2.24, 2.45) is 5.92 Å². The fraction of sp³-hybridized carbons (Fsp3) is 0.250. The van der Waals surface area contributed by atoms with Gasteiger partial charge < -0.3 is 10.6 Å². The number of hydrogen-bond donors (Lipinski definition) is 2. The molecule has 6 nitrogen and oxygen atoms in total. The number of hydrogen-bond acceptors (Lipinski definition) is 5. The van der Waals surface area contributed by atoms with Crippen LogP contribution in [0, 0.1) is 5.92 Å². The monoisotopic (exact) mass is 379 g/mol. The molecule has 1 aliphatic rings. The quantitative estimate of drug-likeness (QED) is 0.677. The molecule has 3 atom stereocenters. The molecule has 27 heavy (non-hydrogen) atoms. The summed E-state index contributed by atoms with van der Waals surface area (Å²) in [6.45, 7) is 2.01. The van der Waals surface area contributed by atoms with Crippen molar-refractivity contribution in [1.29, 1.82) is 0 Å². The van der Waals surface area contributed by atoms with E-state index in [-0.39, 0.29) is 23.9 Å². The van der Waals surface area contributed by atoms with Crippen molar-refractivity contribution in [2.45, 2.75) is 23.9 Å². The van der Waals surface area contributed by atoms with Gasteiger partial charge in [-0.15, -0.1) is 11.8 Å². The van der Waals surface area contributed by atoms with Gasteiger partial charge in [-0.1, -0.05) is 30.3 Å². The number of nitrogens with zero attached hydrogens (tertiary/aromatic N) is 3. The first-order valence-electron chi connectivity index (χ1n) is 8.83. The summed E-state index contributed by atoms with van der Waals surface area (Å²) in [5.41, 5.74) is 1.83. The number of anilines is 2. The van der Waals surface area contributed by atoms with E-state index in [0.29, 0.717) is 5.95 Å². The standard InChI is InChI=1S/C20H21N5OS/c1-13-17(19(26)24-15-6-4-3-5-7-15)18(25-20(23-13)21-12-22-25)14-8-10-16(27-2)11-9-14/h3-13,17-18H,1-2H3,(H,24,26)(H,21,22,23)/t13-,17-,18+/m1/s1. The van der Waals surface area contributed by atoms with Crippen molar-refractivity contribution in [3.05, 3.63) is 66.5 Å². The first kappa shape index (κ1) is 17.6. The van der Waals surface area contributed by atoms with Crippen LogP contribution in [0.25, 0.3) is 0 Å². The Labute approximate surface area is 162 Å². The molecular formula is C20H21N5OS. The molecule has 2 heterocycles. The van der Waals surface area contributed by atoms with Gasteiger partial charge in [-0.3, -0.25) is 4.79 Å². The summed E-state index contributed by atoms with van der Waals surface area (Å²) in [4.78, 5) is 18.7. The summed E-state index contributed by atoms with van der Waals surface area (Å²) in [6.07, 6.45) is 3.57. The Morgan fingerprint density at radius 3 is 2.59 bits per heavy atom. The maximum Gasteiger partial charge on any atom is 0.232 e. The van der Waals surface area contributed by atoms with Crippen molar-refractivity contribution >= 4 is 29.3 Å². The molecule has 0 bridgehead atoms. The Balaban J connectivity index is 1.71. The van der Waals surface area contributed by atoms with Crippen LogP contribution < -0.4 is 10.6 Å². The highest BCUT2D eigenvalue weighted by molar-refractivity contribution is 7.98. The predicted octanol–water partition coefficient (Wildman–Crippen LogP) is 3.66. The predicted molar refractivity (Wildman–Crippen MR) is 108 cm³/mol. The van der Waals surface area contributed by atoms with Crippen LogP contribution in [0.3, 0.4) is 0 Å². The van der Waals surface area contributed by atoms with Crippen LogP contribution in [-0.4, -0.2) is 33.0 Å².